The molecule has 2 aromatic rings. The standard InChI is InChI=1S/C17H18ClNO4S/c1-3-24(21,22)12-6-11(7-12)23-16-5-4-13(10(2)20)14-8-17(18)19-9-15(14)16/h4-5,8-9,11-12H,3,6-7H2,1-2H3. The first-order valence-electron chi connectivity index (χ1n) is 7.79. The molecule has 128 valence electrons. The third-order valence-corrected chi connectivity index (χ3v) is 6.87. The summed E-state index contributed by atoms with van der Waals surface area (Å²) in [5, 5.41) is 1.38. The number of halogens is 1. The van der Waals surface area contributed by atoms with Crippen molar-refractivity contribution >= 4 is 38.0 Å². The molecule has 1 aliphatic carbocycles. The predicted molar refractivity (Wildman–Crippen MR) is 93.7 cm³/mol. The number of pyridine rings is 1. The van der Waals surface area contributed by atoms with Crippen molar-refractivity contribution in [2.45, 2.75) is 38.0 Å². The van der Waals surface area contributed by atoms with Crippen LogP contribution in [0.25, 0.3) is 10.8 Å². The van der Waals surface area contributed by atoms with Gasteiger partial charge in [-0.15, -0.1) is 0 Å². The van der Waals surface area contributed by atoms with Crippen LogP contribution in [0.5, 0.6) is 5.75 Å². The van der Waals surface area contributed by atoms with Crippen LogP contribution < -0.4 is 4.74 Å². The number of aromatic nitrogens is 1. The average molecular weight is 368 g/mol. The minimum absolute atomic E-state index is 0.0634. The zero-order chi connectivity index (χ0) is 17.5. The number of hydrogen-bond acceptors (Lipinski definition) is 5. The summed E-state index contributed by atoms with van der Waals surface area (Å²) in [5.74, 6) is 0.686. The van der Waals surface area contributed by atoms with Crippen molar-refractivity contribution in [3.8, 4) is 5.75 Å². The Balaban J connectivity index is 1.87. The normalized spacial score (nSPS) is 20.6. The molecular formula is C17H18ClNO4S. The van der Waals surface area contributed by atoms with Crippen LogP contribution in [0.4, 0.5) is 0 Å². The van der Waals surface area contributed by atoms with E-state index in [9.17, 15) is 13.2 Å². The Morgan fingerprint density at radius 1 is 1.33 bits per heavy atom. The lowest BCUT2D eigenvalue weighted by atomic mass is 9.95. The van der Waals surface area contributed by atoms with Gasteiger partial charge in [0, 0.05) is 41.1 Å². The summed E-state index contributed by atoms with van der Waals surface area (Å²) in [5.41, 5.74) is 0.557. The fourth-order valence-electron chi connectivity index (χ4n) is 2.92. The lowest BCUT2D eigenvalue weighted by Crippen LogP contribution is -2.43. The summed E-state index contributed by atoms with van der Waals surface area (Å²) in [6, 6.07) is 5.08. The number of sulfone groups is 1. The fraction of sp³-hybridized carbons (Fsp3) is 0.412. The van der Waals surface area contributed by atoms with Crippen molar-refractivity contribution in [3.05, 3.63) is 35.1 Å². The van der Waals surface area contributed by atoms with Gasteiger partial charge in [-0.25, -0.2) is 13.4 Å². The van der Waals surface area contributed by atoms with Gasteiger partial charge in [0.25, 0.3) is 0 Å². The molecule has 0 N–H and O–H groups in total. The fourth-order valence-corrected chi connectivity index (χ4v) is 4.56. The number of carbonyl (C=O) groups excluding carboxylic acids is 1. The van der Waals surface area contributed by atoms with E-state index in [1.54, 1.807) is 31.3 Å². The Morgan fingerprint density at radius 2 is 2.04 bits per heavy atom. The van der Waals surface area contributed by atoms with Gasteiger partial charge < -0.3 is 4.74 Å². The van der Waals surface area contributed by atoms with Crippen LogP contribution in [0.3, 0.4) is 0 Å². The molecule has 5 nitrogen and oxygen atoms in total. The molecule has 0 spiro atoms. The molecule has 1 fully saturated rings. The quantitative estimate of drug-likeness (QED) is 0.598. The monoisotopic (exact) mass is 367 g/mol. The summed E-state index contributed by atoms with van der Waals surface area (Å²) in [6.45, 7) is 3.16. The number of ketones is 1. The number of fused-ring (bicyclic) bond motifs is 1. The summed E-state index contributed by atoms with van der Waals surface area (Å²) >= 11 is 5.95. The first-order valence-corrected chi connectivity index (χ1v) is 9.88. The zero-order valence-electron chi connectivity index (χ0n) is 13.5. The number of carbonyl (C=O) groups is 1. The molecule has 1 aromatic carbocycles. The van der Waals surface area contributed by atoms with Crippen LogP contribution in [0.1, 0.15) is 37.0 Å². The predicted octanol–water partition coefficient (Wildman–Crippen LogP) is 3.44. The van der Waals surface area contributed by atoms with Gasteiger partial charge in [-0.3, -0.25) is 4.79 Å². The second-order valence-electron chi connectivity index (χ2n) is 6.00. The van der Waals surface area contributed by atoms with Crippen molar-refractivity contribution in [1.29, 1.82) is 0 Å². The average Bonchev–Trinajstić information content (AvgIpc) is 2.49. The summed E-state index contributed by atoms with van der Waals surface area (Å²) in [4.78, 5) is 15.9. The SMILES string of the molecule is CCS(=O)(=O)C1CC(Oc2ccc(C(C)=O)c3cc(Cl)ncc23)C1. The number of ether oxygens (including phenoxy) is 1. The van der Waals surface area contributed by atoms with Crippen molar-refractivity contribution in [2.75, 3.05) is 5.75 Å². The highest BCUT2D eigenvalue weighted by molar-refractivity contribution is 7.92. The summed E-state index contributed by atoms with van der Waals surface area (Å²) in [7, 11) is -3.01. The molecule has 0 radical (unpaired) electrons. The van der Waals surface area contributed by atoms with Gasteiger partial charge in [0.2, 0.25) is 0 Å². The molecule has 0 atom stereocenters. The second kappa shape index (κ2) is 6.33. The third kappa shape index (κ3) is 3.13. The maximum absolute atomic E-state index is 11.8. The van der Waals surface area contributed by atoms with Gasteiger partial charge in [0.15, 0.2) is 15.6 Å². The van der Waals surface area contributed by atoms with Crippen molar-refractivity contribution in [2.24, 2.45) is 0 Å². The molecule has 1 aromatic heterocycles. The van der Waals surface area contributed by atoms with Gasteiger partial charge in [-0.1, -0.05) is 18.5 Å². The molecule has 0 saturated heterocycles. The molecule has 24 heavy (non-hydrogen) atoms. The molecule has 3 rings (SSSR count). The molecule has 7 heteroatoms. The lowest BCUT2D eigenvalue weighted by molar-refractivity contribution is 0.101. The van der Waals surface area contributed by atoms with E-state index in [-0.39, 0.29) is 22.9 Å². The molecule has 0 aliphatic heterocycles. The zero-order valence-corrected chi connectivity index (χ0v) is 15.0. The van der Waals surface area contributed by atoms with Crippen LogP contribution in [0.2, 0.25) is 5.15 Å². The van der Waals surface area contributed by atoms with Gasteiger partial charge in [0.1, 0.15) is 17.0 Å². The summed E-state index contributed by atoms with van der Waals surface area (Å²) < 4.78 is 29.6. The van der Waals surface area contributed by atoms with Crippen molar-refractivity contribution < 1.29 is 17.9 Å². The van der Waals surface area contributed by atoms with E-state index in [0.29, 0.717) is 40.1 Å². The van der Waals surface area contributed by atoms with Gasteiger partial charge >= 0.3 is 0 Å². The molecule has 1 aliphatic rings. The Labute approximate surface area is 145 Å². The molecule has 0 unspecified atom stereocenters. The topological polar surface area (TPSA) is 73.3 Å². The Kier molecular flexibility index (Phi) is 4.53. The number of Topliss-reactive ketones (excluding diaryl/α,β-unsaturated/α-hetero) is 1. The number of rotatable bonds is 5. The van der Waals surface area contributed by atoms with Gasteiger partial charge in [-0.05, 0) is 25.1 Å². The first-order chi connectivity index (χ1) is 11.3. The maximum Gasteiger partial charge on any atom is 0.160 e. The lowest BCUT2D eigenvalue weighted by Gasteiger charge is -2.34. The Morgan fingerprint density at radius 3 is 2.67 bits per heavy atom. The maximum atomic E-state index is 11.8. The Hall–Kier alpha value is -1.66. The second-order valence-corrected chi connectivity index (χ2v) is 8.96. The third-order valence-electron chi connectivity index (χ3n) is 4.46. The Bertz CT molecular complexity index is 904. The van der Waals surface area contributed by atoms with E-state index in [0.717, 1.165) is 0 Å². The van der Waals surface area contributed by atoms with Crippen molar-refractivity contribution in [1.82, 2.24) is 4.98 Å². The smallest absolute Gasteiger partial charge is 0.160 e. The molecule has 1 heterocycles. The van der Waals surface area contributed by atoms with E-state index >= 15 is 0 Å². The van der Waals surface area contributed by atoms with Crippen LogP contribution in [0.15, 0.2) is 24.4 Å². The molecule has 1 saturated carbocycles. The van der Waals surface area contributed by atoms with Crippen molar-refractivity contribution in [3.63, 3.8) is 0 Å². The number of hydrogen-bond donors (Lipinski definition) is 0. The minimum Gasteiger partial charge on any atom is -0.490 e. The van der Waals surface area contributed by atoms with E-state index in [4.69, 9.17) is 16.3 Å². The first kappa shape index (κ1) is 17.2. The number of benzene rings is 1. The highest BCUT2D eigenvalue weighted by Crippen LogP contribution is 2.35. The molecular weight excluding hydrogens is 350 g/mol. The van der Waals surface area contributed by atoms with E-state index < -0.39 is 9.84 Å². The minimum atomic E-state index is -3.01. The largest absolute Gasteiger partial charge is 0.490 e. The van der Waals surface area contributed by atoms with E-state index in [2.05, 4.69) is 4.98 Å². The summed E-state index contributed by atoms with van der Waals surface area (Å²) in [6.07, 6.45) is 2.43. The van der Waals surface area contributed by atoms with E-state index in [1.165, 1.54) is 6.92 Å². The van der Waals surface area contributed by atoms with Gasteiger partial charge in [0.05, 0.1) is 5.25 Å². The van der Waals surface area contributed by atoms with Crippen LogP contribution in [0, 0.1) is 0 Å². The number of nitrogens with zero attached hydrogens (tertiary/aromatic N) is 1. The molecule has 0 bridgehead atoms. The highest BCUT2D eigenvalue weighted by atomic mass is 35.5. The van der Waals surface area contributed by atoms with Crippen LogP contribution >= 0.6 is 11.6 Å². The molecule has 0 amide bonds. The van der Waals surface area contributed by atoms with Crippen LogP contribution in [-0.2, 0) is 9.84 Å². The van der Waals surface area contributed by atoms with Gasteiger partial charge in [-0.2, -0.15) is 0 Å². The van der Waals surface area contributed by atoms with E-state index in [1.807, 2.05) is 0 Å². The highest BCUT2D eigenvalue weighted by Gasteiger charge is 2.39. The van der Waals surface area contributed by atoms with Crippen LogP contribution in [-0.4, -0.2) is 36.3 Å².